The molecular weight excluding hydrogens is 627 g/mol. The van der Waals surface area contributed by atoms with Crippen LogP contribution in [0.15, 0.2) is 42.5 Å². The van der Waals surface area contributed by atoms with E-state index in [0.717, 1.165) is 85.7 Å². The number of piperidine rings is 1. The van der Waals surface area contributed by atoms with E-state index in [1.807, 2.05) is 24.3 Å². The molecule has 0 spiro atoms. The fraction of sp³-hybridized carbons (Fsp3) is 0.579. The van der Waals surface area contributed by atoms with Crippen molar-refractivity contribution in [3.63, 3.8) is 0 Å². The van der Waals surface area contributed by atoms with Gasteiger partial charge in [-0.15, -0.1) is 0 Å². The molecule has 9 nitrogen and oxygen atoms in total. The highest BCUT2D eigenvalue weighted by Crippen LogP contribution is 2.53. The van der Waals surface area contributed by atoms with E-state index in [9.17, 15) is 18.0 Å². The molecule has 1 N–H and O–H groups in total. The number of sulfonamides is 1. The molecule has 258 valence electrons. The van der Waals surface area contributed by atoms with Crippen molar-refractivity contribution in [2.24, 2.45) is 5.41 Å². The van der Waals surface area contributed by atoms with Crippen molar-refractivity contribution in [1.29, 1.82) is 0 Å². The maximum absolute atomic E-state index is 14.6. The molecule has 0 radical (unpaired) electrons. The zero-order valence-corrected chi connectivity index (χ0v) is 29.3. The Morgan fingerprint density at radius 2 is 1.67 bits per heavy atom. The van der Waals surface area contributed by atoms with E-state index in [-0.39, 0.29) is 18.0 Å². The molecule has 2 saturated carbocycles. The predicted octanol–water partition coefficient (Wildman–Crippen LogP) is 6.78. The minimum absolute atomic E-state index is 0.130. The zero-order valence-electron chi connectivity index (χ0n) is 28.5. The highest BCUT2D eigenvalue weighted by atomic mass is 32.2. The van der Waals surface area contributed by atoms with Crippen molar-refractivity contribution in [2.45, 2.75) is 114 Å². The minimum Gasteiger partial charge on any atom is -0.497 e. The maximum atomic E-state index is 14.6. The lowest BCUT2D eigenvalue weighted by atomic mass is 9.81. The van der Waals surface area contributed by atoms with E-state index in [2.05, 4.69) is 26.3 Å². The van der Waals surface area contributed by atoms with Crippen LogP contribution in [0, 0.1) is 5.41 Å². The Morgan fingerprint density at radius 1 is 0.979 bits per heavy atom. The predicted molar refractivity (Wildman–Crippen MR) is 187 cm³/mol. The van der Waals surface area contributed by atoms with Gasteiger partial charge in [0, 0.05) is 23.0 Å². The van der Waals surface area contributed by atoms with Crippen LogP contribution in [0.1, 0.15) is 106 Å². The van der Waals surface area contributed by atoms with Crippen molar-refractivity contribution in [3.05, 3.63) is 53.6 Å². The molecule has 2 amide bonds. The van der Waals surface area contributed by atoms with E-state index in [1.54, 1.807) is 27.0 Å². The highest BCUT2D eigenvalue weighted by molar-refractivity contribution is 7.90. The Bertz CT molecular complexity index is 1770. The molecule has 2 saturated heterocycles. The molecule has 10 heteroatoms. The number of aromatic nitrogens is 1. The number of hydrogen-bond acceptors (Lipinski definition) is 6. The number of methoxy groups -OCH3 is 1. The van der Waals surface area contributed by atoms with Crippen molar-refractivity contribution in [3.8, 4) is 17.0 Å². The van der Waals surface area contributed by atoms with Gasteiger partial charge in [0.2, 0.25) is 15.9 Å². The van der Waals surface area contributed by atoms with Gasteiger partial charge in [-0.1, -0.05) is 32.3 Å². The SMILES string of the molecule is CCC(C)S(=O)(=O)NC(=O)c1ccc2c(C3CCCCC3)c(-c3ccc(OC)cc3)n(CC3(C(=O)N4[C@@H]5CCC[C@H]4COC5)CC3)c2c1. The summed E-state index contributed by atoms with van der Waals surface area (Å²) in [5.41, 5.74) is 4.04. The van der Waals surface area contributed by atoms with Gasteiger partial charge in [-0.2, -0.15) is 0 Å². The Hall–Kier alpha value is -3.37. The molecular formula is C38H49N3O6S. The molecule has 2 bridgehead atoms. The summed E-state index contributed by atoms with van der Waals surface area (Å²) < 4.78 is 41.8. The average molecular weight is 676 g/mol. The molecule has 2 aromatic carbocycles. The summed E-state index contributed by atoms with van der Waals surface area (Å²) in [4.78, 5) is 30.3. The first-order valence-electron chi connectivity index (χ1n) is 17.9. The summed E-state index contributed by atoms with van der Waals surface area (Å²) in [6.07, 6.45) is 10.8. The lowest BCUT2D eigenvalue weighted by Gasteiger charge is -2.47. The number of hydrogen-bond donors (Lipinski definition) is 1. The average Bonchev–Trinajstić information content (AvgIpc) is 3.82. The number of benzene rings is 2. The first-order chi connectivity index (χ1) is 23.2. The van der Waals surface area contributed by atoms with Gasteiger partial charge in [0.1, 0.15) is 5.75 Å². The molecule has 4 fully saturated rings. The number of ether oxygens (including phenoxy) is 2. The molecule has 4 aliphatic rings. The maximum Gasteiger partial charge on any atom is 0.264 e. The number of fused-ring (bicyclic) bond motifs is 3. The van der Waals surface area contributed by atoms with Crippen LogP contribution in [-0.4, -0.2) is 67.4 Å². The van der Waals surface area contributed by atoms with E-state index in [4.69, 9.17) is 9.47 Å². The number of amides is 2. The van der Waals surface area contributed by atoms with Gasteiger partial charge in [-0.3, -0.25) is 9.59 Å². The van der Waals surface area contributed by atoms with Gasteiger partial charge >= 0.3 is 0 Å². The number of morpholine rings is 1. The topological polar surface area (TPSA) is 107 Å². The Kier molecular flexibility index (Phi) is 9.08. The number of carbonyl (C=O) groups is 2. The Morgan fingerprint density at radius 3 is 2.29 bits per heavy atom. The van der Waals surface area contributed by atoms with Crippen molar-refractivity contribution in [1.82, 2.24) is 14.2 Å². The quantitative estimate of drug-likeness (QED) is 0.254. The summed E-state index contributed by atoms with van der Waals surface area (Å²) >= 11 is 0. The third-order valence-corrected chi connectivity index (χ3v) is 13.4. The number of nitrogens with one attached hydrogen (secondary N) is 1. The summed E-state index contributed by atoms with van der Waals surface area (Å²) in [6.45, 7) is 5.11. The van der Waals surface area contributed by atoms with E-state index in [1.165, 1.54) is 12.0 Å². The van der Waals surface area contributed by atoms with Crippen molar-refractivity contribution in [2.75, 3.05) is 20.3 Å². The monoisotopic (exact) mass is 675 g/mol. The van der Waals surface area contributed by atoms with Gasteiger partial charge in [-0.25, -0.2) is 13.1 Å². The molecule has 48 heavy (non-hydrogen) atoms. The second-order valence-corrected chi connectivity index (χ2v) is 16.7. The summed E-state index contributed by atoms with van der Waals surface area (Å²) in [7, 11) is -2.16. The normalized spacial score (nSPS) is 23.1. The second-order valence-electron chi connectivity index (χ2n) is 14.6. The molecule has 7 rings (SSSR count). The lowest BCUT2D eigenvalue weighted by Crippen LogP contribution is -2.59. The highest BCUT2D eigenvalue weighted by Gasteiger charge is 2.55. The largest absolute Gasteiger partial charge is 0.497 e. The van der Waals surface area contributed by atoms with Crippen LogP contribution in [0.4, 0.5) is 0 Å². The van der Waals surface area contributed by atoms with Crippen LogP contribution in [0.2, 0.25) is 0 Å². The number of carbonyl (C=O) groups excluding carboxylic acids is 2. The van der Waals surface area contributed by atoms with Crippen LogP contribution in [0.3, 0.4) is 0 Å². The third-order valence-electron chi connectivity index (χ3n) is 11.6. The van der Waals surface area contributed by atoms with Gasteiger partial charge in [0.25, 0.3) is 5.91 Å². The Labute approximate surface area is 284 Å². The van der Waals surface area contributed by atoms with Crippen LogP contribution in [0.25, 0.3) is 22.2 Å². The molecule has 1 unspecified atom stereocenters. The van der Waals surface area contributed by atoms with E-state index in [0.29, 0.717) is 37.7 Å². The van der Waals surface area contributed by atoms with E-state index >= 15 is 0 Å². The fourth-order valence-electron chi connectivity index (χ4n) is 8.39. The zero-order chi connectivity index (χ0) is 33.6. The van der Waals surface area contributed by atoms with Gasteiger partial charge in [-0.05, 0) is 112 Å². The molecule has 3 atom stereocenters. The third kappa shape index (κ3) is 6.04. The molecule has 1 aromatic heterocycles. The number of nitrogens with zero attached hydrogens (tertiary/aromatic N) is 2. The minimum atomic E-state index is -3.82. The van der Waals surface area contributed by atoms with Gasteiger partial charge in [0.15, 0.2) is 0 Å². The molecule has 2 aliphatic carbocycles. The molecule has 3 aromatic rings. The first-order valence-corrected chi connectivity index (χ1v) is 19.5. The van der Waals surface area contributed by atoms with Crippen LogP contribution in [-0.2, 0) is 26.1 Å². The van der Waals surface area contributed by atoms with Crippen LogP contribution in [0.5, 0.6) is 5.75 Å². The summed E-state index contributed by atoms with van der Waals surface area (Å²) in [5, 5.41) is 0.384. The van der Waals surface area contributed by atoms with Gasteiger partial charge < -0.3 is 18.9 Å². The first kappa shape index (κ1) is 33.1. The summed E-state index contributed by atoms with van der Waals surface area (Å²) in [5.74, 6) is 0.716. The standard InChI is InChI=1S/C38H49N3O6S/c1-4-25(2)48(44,45)39-36(42)28-15-18-32-33(21-28)40(24-38(19-20-38)37(43)41-29-11-8-12-30(41)23-47-22-29)35(27-13-16-31(46-3)17-14-27)34(32)26-9-6-5-7-10-26/h13-18,21,25-26,29-30H,4-12,19-20,22-24H2,1-3H3,(H,39,42)/t25?,29-,30+. The lowest BCUT2D eigenvalue weighted by molar-refractivity contribution is -0.157. The number of rotatable bonds is 10. The summed E-state index contributed by atoms with van der Waals surface area (Å²) in [6, 6.07) is 14.0. The van der Waals surface area contributed by atoms with Crippen LogP contribution < -0.4 is 9.46 Å². The van der Waals surface area contributed by atoms with Crippen molar-refractivity contribution < 1.29 is 27.5 Å². The second kappa shape index (κ2) is 13.2. The van der Waals surface area contributed by atoms with Crippen LogP contribution >= 0.6 is 0 Å². The fourth-order valence-corrected chi connectivity index (χ4v) is 9.40. The Balaban J connectivity index is 1.37. The molecule has 2 aliphatic heterocycles. The van der Waals surface area contributed by atoms with Crippen molar-refractivity contribution >= 4 is 32.7 Å². The smallest absolute Gasteiger partial charge is 0.264 e. The van der Waals surface area contributed by atoms with Gasteiger partial charge in [0.05, 0.1) is 48.8 Å². The molecule has 3 heterocycles. The van der Waals surface area contributed by atoms with E-state index < -0.39 is 26.6 Å².